The number of thioether (sulfide) groups is 1. The number of amides is 1. The van der Waals surface area contributed by atoms with E-state index in [4.69, 9.17) is 14.2 Å². The number of nitrogens with one attached hydrogen (secondary N) is 1. The third-order valence-electron chi connectivity index (χ3n) is 6.75. The Balaban J connectivity index is 1.50. The van der Waals surface area contributed by atoms with Gasteiger partial charge in [-0.05, 0) is 46.9 Å². The predicted molar refractivity (Wildman–Crippen MR) is 158 cm³/mol. The van der Waals surface area contributed by atoms with Gasteiger partial charge < -0.3 is 29.7 Å². The van der Waals surface area contributed by atoms with Gasteiger partial charge in [-0.3, -0.25) is 9.59 Å². The summed E-state index contributed by atoms with van der Waals surface area (Å²) in [4.78, 5) is 23.4. The second-order valence-electron chi connectivity index (χ2n) is 9.94. The molecule has 8 nitrogen and oxygen atoms in total. The molecule has 3 aromatic rings. The van der Waals surface area contributed by atoms with Gasteiger partial charge in [0.25, 0.3) is 5.91 Å². The number of rotatable bonds is 12. The van der Waals surface area contributed by atoms with E-state index in [0.29, 0.717) is 18.7 Å². The summed E-state index contributed by atoms with van der Waals surface area (Å²) >= 11 is 1.65. The van der Waals surface area contributed by atoms with Gasteiger partial charge in [-0.15, -0.1) is 0 Å². The second-order valence-corrected chi connectivity index (χ2v) is 11.1. The Bertz CT molecular complexity index is 1300. The molecule has 0 aromatic heterocycles. The minimum Gasteiger partial charge on any atom is -0.453 e. The number of aliphatic hydroxyl groups is 2. The third-order valence-corrected chi connectivity index (χ3v) is 7.83. The minimum absolute atomic E-state index is 0.00820. The minimum atomic E-state index is -0.856. The van der Waals surface area contributed by atoms with Crippen LogP contribution in [-0.4, -0.2) is 52.4 Å². The number of ether oxygens (including phenoxy) is 3. The predicted octanol–water partition coefficient (Wildman–Crippen LogP) is 4.68. The van der Waals surface area contributed by atoms with Crippen LogP contribution in [0.3, 0.4) is 0 Å². The fourth-order valence-corrected chi connectivity index (χ4v) is 5.44. The van der Waals surface area contributed by atoms with Crippen LogP contribution in [-0.2, 0) is 37.0 Å². The molecule has 0 unspecified atom stereocenters. The van der Waals surface area contributed by atoms with E-state index in [0.717, 1.165) is 39.1 Å². The van der Waals surface area contributed by atoms with Crippen LogP contribution in [0.5, 0.6) is 0 Å². The van der Waals surface area contributed by atoms with Crippen LogP contribution >= 0.6 is 11.8 Å². The lowest BCUT2D eigenvalue weighted by molar-refractivity contribution is -0.245. The molecule has 1 fully saturated rings. The van der Waals surface area contributed by atoms with Crippen LogP contribution < -0.4 is 5.32 Å². The van der Waals surface area contributed by atoms with E-state index in [1.807, 2.05) is 66.7 Å². The lowest BCUT2D eigenvalue weighted by Crippen LogP contribution is -2.35. The Labute approximate surface area is 245 Å². The normalized spacial score (nSPS) is 19.4. The quantitative estimate of drug-likeness (QED) is 0.209. The third kappa shape index (κ3) is 8.89. The van der Waals surface area contributed by atoms with Gasteiger partial charge in [-0.2, -0.15) is 11.8 Å². The number of hydrogen-bond acceptors (Lipinski definition) is 8. The molecule has 0 aliphatic carbocycles. The van der Waals surface area contributed by atoms with Crippen molar-refractivity contribution in [3.05, 3.63) is 95.1 Å². The molecule has 9 heteroatoms. The molecule has 1 aliphatic heterocycles. The van der Waals surface area contributed by atoms with E-state index in [1.165, 1.54) is 6.92 Å². The Morgan fingerprint density at radius 3 is 2.41 bits per heavy atom. The zero-order valence-electron chi connectivity index (χ0n) is 23.3. The molecule has 41 heavy (non-hydrogen) atoms. The van der Waals surface area contributed by atoms with Gasteiger partial charge in [-0.25, -0.2) is 0 Å². The molecule has 218 valence electrons. The summed E-state index contributed by atoms with van der Waals surface area (Å²) in [5.74, 6) is 0.541. The zero-order chi connectivity index (χ0) is 29.2. The van der Waals surface area contributed by atoms with Crippen LogP contribution in [0.25, 0.3) is 11.1 Å². The molecule has 1 saturated heterocycles. The van der Waals surface area contributed by atoms with Gasteiger partial charge in [0.1, 0.15) is 0 Å². The first kappa shape index (κ1) is 30.7. The molecule has 1 aliphatic rings. The van der Waals surface area contributed by atoms with Gasteiger partial charge in [0.05, 0.1) is 25.4 Å². The molecule has 0 saturated carbocycles. The highest BCUT2D eigenvalue weighted by molar-refractivity contribution is 7.99. The van der Waals surface area contributed by atoms with Gasteiger partial charge >= 0.3 is 5.97 Å². The number of aliphatic hydroxyl groups excluding tert-OH is 2. The van der Waals surface area contributed by atoms with E-state index in [9.17, 15) is 19.8 Å². The summed E-state index contributed by atoms with van der Waals surface area (Å²) in [6.07, 6.45) is -0.970. The molecule has 0 spiro atoms. The molecular weight excluding hydrogens is 542 g/mol. The first-order chi connectivity index (χ1) is 19.9. The van der Waals surface area contributed by atoms with Crippen LogP contribution in [0.2, 0.25) is 0 Å². The molecule has 3 aromatic carbocycles. The molecule has 4 rings (SSSR count). The first-order valence-corrected chi connectivity index (χ1v) is 14.8. The molecule has 1 amide bonds. The van der Waals surface area contributed by atoms with Crippen molar-refractivity contribution >= 4 is 23.6 Å². The summed E-state index contributed by atoms with van der Waals surface area (Å²) in [6, 6.07) is 23.7. The van der Waals surface area contributed by atoms with Gasteiger partial charge in [0.15, 0.2) is 12.4 Å². The Kier molecular flexibility index (Phi) is 11.4. The van der Waals surface area contributed by atoms with Crippen molar-refractivity contribution in [3.8, 4) is 11.1 Å². The maximum Gasteiger partial charge on any atom is 0.303 e. The summed E-state index contributed by atoms with van der Waals surface area (Å²) in [6.45, 7) is 3.23. The molecule has 0 radical (unpaired) electrons. The molecular formula is C32H37NO7S. The maximum absolute atomic E-state index is 12.3. The van der Waals surface area contributed by atoms with E-state index < -0.39 is 18.4 Å². The van der Waals surface area contributed by atoms with Gasteiger partial charge in [0, 0.05) is 37.0 Å². The molecule has 4 atom stereocenters. The number of hydrogen-bond donors (Lipinski definition) is 3. The number of carbonyl (C=O) groups is 2. The standard InChI is InChI=1S/C32H37NO7S/c1-21(38-22(2)36)31(37)33-18-24-5-3-6-26(15-24)27-7-4-8-28(16-27)32-39-29(20-41-14-13-34)17-30(40-32)25-11-9-23(19-35)10-12-25/h3-12,15-16,21,29-30,32,34-35H,13-14,17-20H2,1-2H3,(H,33,37)/t21-,29-,30+,32+/m0/s1. The highest BCUT2D eigenvalue weighted by Crippen LogP contribution is 2.39. The summed E-state index contributed by atoms with van der Waals surface area (Å²) in [7, 11) is 0. The van der Waals surface area contributed by atoms with Crippen molar-refractivity contribution in [1.82, 2.24) is 5.32 Å². The topological polar surface area (TPSA) is 114 Å². The van der Waals surface area contributed by atoms with Crippen molar-refractivity contribution in [3.63, 3.8) is 0 Å². The van der Waals surface area contributed by atoms with Crippen molar-refractivity contribution in [2.24, 2.45) is 0 Å². The number of esters is 1. The Morgan fingerprint density at radius 1 is 0.976 bits per heavy atom. The van der Waals surface area contributed by atoms with Crippen molar-refractivity contribution < 1.29 is 34.0 Å². The second kappa shape index (κ2) is 15.1. The van der Waals surface area contributed by atoms with E-state index in [1.54, 1.807) is 18.7 Å². The average molecular weight is 580 g/mol. The SMILES string of the molecule is CC(=O)O[C@@H](C)C(=O)NCc1cccc(-c2cccc([C@@H]3O[C@H](CSCCO)C[C@H](c4ccc(CO)cc4)O3)c2)c1. The van der Waals surface area contributed by atoms with Crippen LogP contribution in [0.1, 0.15) is 54.9 Å². The summed E-state index contributed by atoms with van der Waals surface area (Å²) in [5, 5.41) is 21.5. The van der Waals surface area contributed by atoms with Crippen LogP contribution in [0.15, 0.2) is 72.8 Å². The fourth-order valence-electron chi connectivity index (χ4n) is 4.66. The van der Waals surface area contributed by atoms with E-state index >= 15 is 0 Å². The number of benzene rings is 3. The van der Waals surface area contributed by atoms with Crippen molar-refractivity contribution in [2.75, 3.05) is 18.1 Å². The monoisotopic (exact) mass is 579 g/mol. The van der Waals surface area contributed by atoms with Crippen LogP contribution in [0.4, 0.5) is 0 Å². The lowest BCUT2D eigenvalue weighted by atomic mass is 9.99. The summed E-state index contributed by atoms with van der Waals surface area (Å²) < 4.78 is 17.8. The molecule has 3 N–H and O–H groups in total. The van der Waals surface area contributed by atoms with Crippen molar-refractivity contribution in [1.29, 1.82) is 0 Å². The lowest BCUT2D eigenvalue weighted by Gasteiger charge is -2.36. The average Bonchev–Trinajstić information content (AvgIpc) is 3.00. The van der Waals surface area contributed by atoms with E-state index in [-0.39, 0.29) is 31.3 Å². The number of carbonyl (C=O) groups excluding carboxylic acids is 2. The highest BCUT2D eigenvalue weighted by atomic mass is 32.2. The largest absolute Gasteiger partial charge is 0.453 e. The maximum atomic E-state index is 12.3. The first-order valence-electron chi connectivity index (χ1n) is 13.7. The van der Waals surface area contributed by atoms with E-state index in [2.05, 4.69) is 11.4 Å². The smallest absolute Gasteiger partial charge is 0.303 e. The summed E-state index contributed by atoms with van der Waals surface area (Å²) in [5.41, 5.74) is 5.65. The Morgan fingerprint density at radius 2 is 1.71 bits per heavy atom. The molecule has 0 bridgehead atoms. The Hall–Kier alpha value is -3.21. The van der Waals surface area contributed by atoms with Gasteiger partial charge in [0.2, 0.25) is 0 Å². The fraction of sp³-hybridized carbons (Fsp3) is 0.375. The molecule has 1 heterocycles. The van der Waals surface area contributed by atoms with Crippen LogP contribution in [0, 0.1) is 0 Å². The van der Waals surface area contributed by atoms with Crippen molar-refractivity contribution in [2.45, 2.75) is 58.0 Å². The van der Waals surface area contributed by atoms with Gasteiger partial charge in [-0.1, -0.05) is 60.7 Å². The highest BCUT2D eigenvalue weighted by Gasteiger charge is 2.32. The zero-order valence-corrected chi connectivity index (χ0v) is 24.1.